The van der Waals surface area contributed by atoms with Crippen LogP contribution >= 0.6 is 11.6 Å². The van der Waals surface area contributed by atoms with Crippen molar-refractivity contribution in [1.29, 1.82) is 0 Å². The summed E-state index contributed by atoms with van der Waals surface area (Å²) in [5.74, 6) is 0.635. The highest BCUT2D eigenvalue weighted by Crippen LogP contribution is 2.40. The van der Waals surface area contributed by atoms with Crippen LogP contribution in [0.15, 0.2) is 36.4 Å². The maximum Gasteiger partial charge on any atom is 0.161 e. The Kier molecular flexibility index (Phi) is 3.83. The van der Waals surface area contributed by atoms with Crippen molar-refractivity contribution in [1.82, 2.24) is 0 Å². The summed E-state index contributed by atoms with van der Waals surface area (Å²) in [5, 5.41) is 0.704. The summed E-state index contributed by atoms with van der Waals surface area (Å²) in [4.78, 5) is 0. The molecular weight excluding hydrogens is 270 g/mol. The molecule has 0 heterocycles. The maximum absolute atomic E-state index is 6.49. The molecule has 3 rings (SSSR count). The Morgan fingerprint density at radius 3 is 2.65 bits per heavy atom. The van der Waals surface area contributed by atoms with Gasteiger partial charge in [-0.1, -0.05) is 41.9 Å². The summed E-state index contributed by atoms with van der Waals surface area (Å²) in [6, 6.07) is 12.1. The van der Waals surface area contributed by atoms with Gasteiger partial charge in [-0.3, -0.25) is 0 Å². The van der Waals surface area contributed by atoms with Gasteiger partial charge in [-0.2, -0.15) is 0 Å². The summed E-state index contributed by atoms with van der Waals surface area (Å²) in [6.45, 7) is 0.490. The van der Waals surface area contributed by atoms with Crippen LogP contribution in [0.25, 0.3) is 0 Å². The third kappa shape index (κ3) is 2.61. The molecule has 104 valence electrons. The summed E-state index contributed by atoms with van der Waals surface area (Å²) < 4.78 is 5.86. The molecule has 2 nitrogen and oxygen atoms in total. The highest BCUT2D eigenvalue weighted by molar-refractivity contribution is 6.33. The smallest absolute Gasteiger partial charge is 0.161 e. The first-order valence-corrected chi connectivity index (χ1v) is 7.40. The van der Waals surface area contributed by atoms with Crippen molar-refractivity contribution in [2.45, 2.75) is 32.3 Å². The number of fused-ring (bicyclic) bond motifs is 1. The number of hydrogen-bond donors (Lipinski definition) is 1. The number of anilines is 1. The second-order valence-corrected chi connectivity index (χ2v) is 5.61. The van der Waals surface area contributed by atoms with Crippen LogP contribution < -0.4 is 10.5 Å². The van der Waals surface area contributed by atoms with E-state index >= 15 is 0 Å². The first kappa shape index (κ1) is 13.3. The highest BCUT2D eigenvalue weighted by atomic mass is 35.5. The minimum atomic E-state index is 0.490. The number of hydrogen-bond acceptors (Lipinski definition) is 2. The molecule has 0 amide bonds. The van der Waals surface area contributed by atoms with Crippen LogP contribution in [0, 0.1) is 0 Å². The van der Waals surface area contributed by atoms with Crippen LogP contribution in [0.5, 0.6) is 5.75 Å². The summed E-state index contributed by atoms with van der Waals surface area (Å²) >= 11 is 6.49. The van der Waals surface area contributed by atoms with E-state index in [9.17, 15) is 0 Å². The van der Waals surface area contributed by atoms with Crippen molar-refractivity contribution < 1.29 is 4.74 Å². The molecule has 1 aliphatic rings. The molecule has 0 aliphatic heterocycles. The van der Waals surface area contributed by atoms with E-state index < -0.39 is 0 Å². The van der Waals surface area contributed by atoms with E-state index in [2.05, 4.69) is 0 Å². The zero-order chi connectivity index (χ0) is 13.9. The fraction of sp³-hybridized carbons (Fsp3) is 0.294. The molecule has 0 unspecified atom stereocenters. The molecule has 1 aliphatic carbocycles. The molecule has 0 aromatic heterocycles. The zero-order valence-corrected chi connectivity index (χ0v) is 12.1. The molecule has 2 aromatic rings. The van der Waals surface area contributed by atoms with Crippen molar-refractivity contribution in [2.24, 2.45) is 0 Å². The molecule has 3 heteroatoms. The first-order chi connectivity index (χ1) is 9.75. The quantitative estimate of drug-likeness (QED) is 0.850. The van der Waals surface area contributed by atoms with E-state index in [0.717, 1.165) is 18.4 Å². The second kappa shape index (κ2) is 5.76. The average molecular weight is 288 g/mol. The van der Waals surface area contributed by atoms with Gasteiger partial charge in [-0.25, -0.2) is 0 Å². The molecule has 2 N–H and O–H groups in total. The minimum absolute atomic E-state index is 0.490. The average Bonchev–Trinajstić information content (AvgIpc) is 2.48. The molecule has 0 saturated carbocycles. The van der Waals surface area contributed by atoms with Gasteiger partial charge in [-0.15, -0.1) is 0 Å². The van der Waals surface area contributed by atoms with Crippen molar-refractivity contribution in [3.8, 4) is 5.75 Å². The monoisotopic (exact) mass is 287 g/mol. The number of benzene rings is 2. The molecule has 0 spiro atoms. The van der Waals surface area contributed by atoms with E-state index in [1.54, 1.807) is 0 Å². The van der Waals surface area contributed by atoms with Crippen molar-refractivity contribution in [3.05, 3.63) is 58.1 Å². The van der Waals surface area contributed by atoms with Crippen molar-refractivity contribution in [2.75, 3.05) is 5.73 Å². The van der Waals surface area contributed by atoms with Gasteiger partial charge in [0, 0.05) is 0 Å². The lowest BCUT2D eigenvalue weighted by Gasteiger charge is -2.21. The Morgan fingerprint density at radius 2 is 1.85 bits per heavy atom. The topological polar surface area (TPSA) is 35.2 Å². The van der Waals surface area contributed by atoms with Gasteiger partial charge in [0.15, 0.2) is 5.75 Å². The van der Waals surface area contributed by atoms with Gasteiger partial charge >= 0.3 is 0 Å². The van der Waals surface area contributed by atoms with Gasteiger partial charge in [-0.05, 0) is 48.4 Å². The predicted molar refractivity (Wildman–Crippen MR) is 83.3 cm³/mol. The molecule has 20 heavy (non-hydrogen) atoms. The van der Waals surface area contributed by atoms with Crippen LogP contribution in [0.3, 0.4) is 0 Å². The van der Waals surface area contributed by atoms with E-state index in [4.69, 9.17) is 22.1 Å². The normalized spacial score (nSPS) is 13.8. The number of halogens is 1. The van der Waals surface area contributed by atoms with E-state index in [1.165, 1.54) is 24.0 Å². The number of rotatable bonds is 3. The van der Waals surface area contributed by atoms with Gasteiger partial charge < -0.3 is 10.5 Å². The fourth-order valence-corrected chi connectivity index (χ4v) is 3.11. The Bertz CT molecular complexity index is 610. The molecule has 0 saturated heterocycles. The van der Waals surface area contributed by atoms with E-state index in [-0.39, 0.29) is 0 Å². The van der Waals surface area contributed by atoms with Crippen molar-refractivity contribution in [3.63, 3.8) is 0 Å². The van der Waals surface area contributed by atoms with Crippen LogP contribution in [-0.4, -0.2) is 0 Å². The summed E-state index contributed by atoms with van der Waals surface area (Å²) in [7, 11) is 0. The number of aryl methyl sites for hydroxylation is 1. The first-order valence-electron chi connectivity index (χ1n) is 7.02. The van der Waals surface area contributed by atoms with Crippen LogP contribution in [0.4, 0.5) is 5.69 Å². The molecule has 0 atom stereocenters. The summed E-state index contributed by atoms with van der Waals surface area (Å²) in [6.07, 6.45) is 4.50. The Hall–Kier alpha value is -1.67. The number of nitrogens with two attached hydrogens (primary N) is 1. The largest absolute Gasteiger partial charge is 0.485 e. The SMILES string of the molecule is Nc1cc2c(c(Cl)c1OCc1ccccc1)CCCC2. The maximum atomic E-state index is 6.49. The summed E-state index contributed by atoms with van der Waals surface area (Å²) in [5.41, 5.74) is 10.4. The Balaban J connectivity index is 1.86. The highest BCUT2D eigenvalue weighted by Gasteiger charge is 2.19. The van der Waals surface area contributed by atoms with Gasteiger partial charge in [0.1, 0.15) is 6.61 Å². The van der Waals surface area contributed by atoms with Gasteiger partial charge in [0.25, 0.3) is 0 Å². The number of nitrogen functional groups attached to an aromatic ring is 1. The van der Waals surface area contributed by atoms with E-state index in [0.29, 0.717) is 23.1 Å². The second-order valence-electron chi connectivity index (χ2n) is 5.23. The van der Waals surface area contributed by atoms with Gasteiger partial charge in [0.05, 0.1) is 10.7 Å². The predicted octanol–water partition coefficient (Wildman–Crippen LogP) is 4.38. The minimum Gasteiger partial charge on any atom is -0.485 e. The zero-order valence-electron chi connectivity index (χ0n) is 11.4. The molecule has 0 bridgehead atoms. The van der Waals surface area contributed by atoms with Crippen LogP contribution in [0.1, 0.15) is 29.5 Å². The third-order valence-corrected chi connectivity index (χ3v) is 4.19. The van der Waals surface area contributed by atoms with Crippen LogP contribution in [-0.2, 0) is 19.4 Å². The Labute approximate surface area is 124 Å². The molecule has 0 fully saturated rings. The van der Waals surface area contributed by atoms with Crippen molar-refractivity contribution >= 4 is 17.3 Å². The lowest BCUT2D eigenvalue weighted by atomic mass is 9.91. The third-order valence-electron chi connectivity index (χ3n) is 3.79. The van der Waals surface area contributed by atoms with Crippen LogP contribution in [0.2, 0.25) is 5.02 Å². The number of ether oxygens (including phenoxy) is 1. The lowest BCUT2D eigenvalue weighted by molar-refractivity contribution is 0.307. The Morgan fingerprint density at radius 1 is 1.10 bits per heavy atom. The standard InChI is InChI=1S/C17H18ClNO/c18-16-14-9-5-4-8-13(14)10-15(19)17(16)20-11-12-6-2-1-3-7-12/h1-3,6-7,10H,4-5,8-9,11,19H2. The lowest BCUT2D eigenvalue weighted by Crippen LogP contribution is -2.07. The molecular formula is C17H18ClNO. The molecule has 0 radical (unpaired) electrons. The fourth-order valence-electron chi connectivity index (χ4n) is 2.73. The van der Waals surface area contributed by atoms with E-state index in [1.807, 2.05) is 36.4 Å². The molecule has 2 aromatic carbocycles. The van der Waals surface area contributed by atoms with Gasteiger partial charge in [0.2, 0.25) is 0 Å².